The molecule has 0 saturated heterocycles. The standard InChI is InChI=1S/C18H29N3O2.HI/c1-4-19-18(21-14(2)13-22-3)20-12-15-8-5-6-11-17(15)23-16-9-7-10-16;/h5-6,8,11,14,16H,4,7,9-10,12-13H2,1-3H3,(H2,19,20,21);1H. The SMILES string of the molecule is CCNC(=NCc1ccccc1OC1CCC1)NC(C)COC.I. The Morgan fingerprint density at radius 3 is 2.71 bits per heavy atom. The summed E-state index contributed by atoms with van der Waals surface area (Å²) in [4.78, 5) is 4.68. The Kier molecular flexibility index (Phi) is 10.1. The molecule has 1 aromatic carbocycles. The Morgan fingerprint density at radius 1 is 1.33 bits per heavy atom. The van der Waals surface area contributed by atoms with Crippen molar-refractivity contribution < 1.29 is 9.47 Å². The minimum atomic E-state index is 0. The fraction of sp³-hybridized carbons (Fsp3) is 0.611. The lowest BCUT2D eigenvalue weighted by Gasteiger charge is -2.27. The van der Waals surface area contributed by atoms with Gasteiger partial charge in [-0.15, -0.1) is 24.0 Å². The third-order valence-electron chi connectivity index (χ3n) is 3.87. The molecule has 0 bridgehead atoms. The van der Waals surface area contributed by atoms with E-state index in [4.69, 9.17) is 9.47 Å². The molecule has 1 aliphatic carbocycles. The first kappa shape index (κ1) is 21.0. The minimum Gasteiger partial charge on any atom is -0.490 e. The van der Waals surface area contributed by atoms with Crippen molar-refractivity contribution in [3.63, 3.8) is 0 Å². The van der Waals surface area contributed by atoms with E-state index in [0.717, 1.165) is 36.7 Å². The van der Waals surface area contributed by atoms with Gasteiger partial charge in [0.05, 0.1) is 19.3 Å². The van der Waals surface area contributed by atoms with Gasteiger partial charge in [0.1, 0.15) is 5.75 Å². The maximum Gasteiger partial charge on any atom is 0.191 e. The van der Waals surface area contributed by atoms with Crippen molar-refractivity contribution >= 4 is 29.9 Å². The van der Waals surface area contributed by atoms with Gasteiger partial charge in [-0.1, -0.05) is 18.2 Å². The summed E-state index contributed by atoms with van der Waals surface area (Å²) in [7, 11) is 1.70. The maximum atomic E-state index is 6.06. The summed E-state index contributed by atoms with van der Waals surface area (Å²) in [6.07, 6.45) is 3.98. The summed E-state index contributed by atoms with van der Waals surface area (Å²) in [5.74, 6) is 1.76. The number of hydrogen-bond acceptors (Lipinski definition) is 3. The number of ether oxygens (including phenoxy) is 2. The Labute approximate surface area is 162 Å². The number of aliphatic imine (C=N–C) groups is 1. The van der Waals surface area contributed by atoms with E-state index in [9.17, 15) is 0 Å². The Bertz CT molecular complexity index is 507. The second kappa shape index (κ2) is 11.5. The highest BCUT2D eigenvalue weighted by atomic mass is 127. The molecule has 1 unspecified atom stereocenters. The zero-order valence-corrected chi connectivity index (χ0v) is 17.2. The first-order valence-corrected chi connectivity index (χ1v) is 8.51. The summed E-state index contributed by atoms with van der Waals surface area (Å²) in [5, 5.41) is 6.61. The summed E-state index contributed by atoms with van der Waals surface area (Å²) < 4.78 is 11.2. The molecule has 0 radical (unpaired) electrons. The second-order valence-corrected chi connectivity index (χ2v) is 5.97. The van der Waals surface area contributed by atoms with E-state index in [0.29, 0.717) is 19.3 Å². The highest BCUT2D eigenvalue weighted by molar-refractivity contribution is 14.0. The quantitative estimate of drug-likeness (QED) is 0.365. The third-order valence-corrected chi connectivity index (χ3v) is 3.87. The van der Waals surface area contributed by atoms with Crippen molar-refractivity contribution in [2.75, 3.05) is 20.3 Å². The number of para-hydroxylation sites is 1. The average molecular weight is 447 g/mol. The van der Waals surface area contributed by atoms with Crippen LogP contribution in [0.25, 0.3) is 0 Å². The number of halogens is 1. The predicted octanol–water partition coefficient (Wildman–Crippen LogP) is 3.33. The molecule has 0 heterocycles. The van der Waals surface area contributed by atoms with Crippen LogP contribution in [-0.2, 0) is 11.3 Å². The van der Waals surface area contributed by atoms with Gasteiger partial charge in [0.25, 0.3) is 0 Å². The monoisotopic (exact) mass is 447 g/mol. The highest BCUT2D eigenvalue weighted by Gasteiger charge is 2.20. The zero-order valence-electron chi connectivity index (χ0n) is 14.9. The normalized spacial score (nSPS) is 15.9. The average Bonchev–Trinajstić information content (AvgIpc) is 2.50. The van der Waals surface area contributed by atoms with Crippen molar-refractivity contribution in [2.45, 2.75) is 51.8 Å². The zero-order chi connectivity index (χ0) is 16.5. The first-order chi connectivity index (χ1) is 11.2. The number of benzene rings is 1. The molecule has 0 aliphatic heterocycles. The summed E-state index contributed by atoms with van der Waals surface area (Å²) in [5.41, 5.74) is 1.12. The molecule has 24 heavy (non-hydrogen) atoms. The van der Waals surface area contributed by atoms with Gasteiger partial charge in [-0.25, -0.2) is 4.99 Å². The molecule has 6 heteroatoms. The van der Waals surface area contributed by atoms with Gasteiger partial charge in [-0.3, -0.25) is 0 Å². The van der Waals surface area contributed by atoms with E-state index >= 15 is 0 Å². The molecule has 0 amide bonds. The fourth-order valence-corrected chi connectivity index (χ4v) is 2.43. The lowest BCUT2D eigenvalue weighted by molar-refractivity contribution is 0.119. The lowest BCUT2D eigenvalue weighted by atomic mass is 9.96. The molecule has 2 N–H and O–H groups in total. The molecule has 136 valence electrons. The predicted molar refractivity (Wildman–Crippen MR) is 109 cm³/mol. The molecule has 2 rings (SSSR count). The molecule has 1 fully saturated rings. The Morgan fingerprint density at radius 2 is 2.08 bits per heavy atom. The van der Waals surface area contributed by atoms with Crippen molar-refractivity contribution in [3.8, 4) is 5.75 Å². The Balaban J connectivity index is 0.00000288. The summed E-state index contributed by atoms with van der Waals surface area (Å²) in [6.45, 7) is 6.20. The number of rotatable bonds is 8. The molecule has 1 saturated carbocycles. The largest absolute Gasteiger partial charge is 0.490 e. The van der Waals surface area contributed by atoms with E-state index in [2.05, 4.69) is 35.5 Å². The van der Waals surface area contributed by atoms with Crippen LogP contribution in [0, 0.1) is 0 Å². The van der Waals surface area contributed by atoms with Crippen LogP contribution >= 0.6 is 24.0 Å². The number of nitrogens with one attached hydrogen (secondary N) is 2. The van der Waals surface area contributed by atoms with Crippen LogP contribution < -0.4 is 15.4 Å². The number of nitrogens with zero attached hydrogens (tertiary/aromatic N) is 1. The van der Waals surface area contributed by atoms with E-state index in [1.165, 1.54) is 6.42 Å². The molecule has 1 aromatic rings. The molecule has 1 aliphatic rings. The number of guanidine groups is 1. The second-order valence-electron chi connectivity index (χ2n) is 5.97. The van der Waals surface area contributed by atoms with E-state index in [1.54, 1.807) is 7.11 Å². The Hall–Kier alpha value is -1.02. The maximum absolute atomic E-state index is 6.06. The lowest BCUT2D eigenvalue weighted by Crippen LogP contribution is -2.43. The minimum absolute atomic E-state index is 0. The molecular weight excluding hydrogens is 417 g/mol. The first-order valence-electron chi connectivity index (χ1n) is 8.51. The fourth-order valence-electron chi connectivity index (χ4n) is 2.43. The smallest absolute Gasteiger partial charge is 0.191 e. The van der Waals surface area contributed by atoms with E-state index in [-0.39, 0.29) is 30.0 Å². The molecule has 5 nitrogen and oxygen atoms in total. The van der Waals surface area contributed by atoms with Crippen LogP contribution in [0.4, 0.5) is 0 Å². The molecular formula is C18H30IN3O2. The highest BCUT2D eigenvalue weighted by Crippen LogP contribution is 2.27. The van der Waals surface area contributed by atoms with Gasteiger partial charge in [0, 0.05) is 25.3 Å². The van der Waals surface area contributed by atoms with Crippen LogP contribution in [0.5, 0.6) is 5.75 Å². The molecule has 1 atom stereocenters. The van der Waals surface area contributed by atoms with Gasteiger partial charge in [0.2, 0.25) is 0 Å². The van der Waals surface area contributed by atoms with Crippen LogP contribution in [0.2, 0.25) is 0 Å². The summed E-state index contributed by atoms with van der Waals surface area (Å²) >= 11 is 0. The van der Waals surface area contributed by atoms with Gasteiger partial charge < -0.3 is 20.1 Å². The molecule has 0 spiro atoms. The van der Waals surface area contributed by atoms with Crippen LogP contribution in [-0.4, -0.2) is 38.4 Å². The molecule has 0 aromatic heterocycles. The van der Waals surface area contributed by atoms with Gasteiger partial charge in [-0.05, 0) is 39.2 Å². The number of methoxy groups -OCH3 is 1. The van der Waals surface area contributed by atoms with Crippen LogP contribution in [0.3, 0.4) is 0 Å². The topological polar surface area (TPSA) is 54.9 Å². The van der Waals surface area contributed by atoms with Crippen LogP contribution in [0.15, 0.2) is 29.3 Å². The van der Waals surface area contributed by atoms with Crippen molar-refractivity contribution in [1.82, 2.24) is 10.6 Å². The number of hydrogen-bond donors (Lipinski definition) is 2. The van der Waals surface area contributed by atoms with Crippen molar-refractivity contribution in [3.05, 3.63) is 29.8 Å². The van der Waals surface area contributed by atoms with E-state index in [1.807, 2.05) is 18.2 Å². The van der Waals surface area contributed by atoms with Gasteiger partial charge in [-0.2, -0.15) is 0 Å². The van der Waals surface area contributed by atoms with Gasteiger partial charge in [0.15, 0.2) is 5.96 Å². The van der Waals surface area contributed by atoms with Crippen molar-refractivity contribution in [2.24, 2.45) is 4.99 Å². The third kappa shape index (κ3) is 6.84. The van der Waals surface area contributed by atoms with Crippen LogP contribution in [0.1, 0.15) is 38.7 Å². The van der Waals surface area contributed by atoms with E-state index < -0.39 is 0 Å². The van der Waals surface area contributed by atoms with Gasteiger partial charge >= 0.3 is 0 Å². The van der Waals surface area contributed by atoms with Crippen molar-refractivity contribution in [1.29, 1.82) is 0 Å². The summed E-state index contributed by atoms with van der Waals surface area (Å²) in [6, 6.07) is 8.38.